The molecule has 2 aromatic carbocycles. The van der Waals surface area contributed by atoms with Gasteiger partial charge in [-0.1, -0.05) is 0 Å². The smallest absolute Gasteiger partial charge is 0.246 e. The first-order chi connectivity index (χ1) is 14.0. The Kier molecular flexibility index (Phi) is 9.03. The summed E-state index contributed by atoms with van der Waals surface area (Å²) < 4.78 is 26.2. The van der Waals surface area contributed by atoms with Gasteiger partial charge >= 0.3 is 0 Å². The number of aromatic amines is 1. The van der Waals surface area contributed by atoms with Crippen LogP contribution in [-0.4, -0.2) is 36.5 Å². The molecule has 0 saturated carbocycles. The lowest BCUT2D eigenvalue weighted by molar-refractivity contribution is -0.114. The van der Waals surface area contributed by atoms with Crippen molar-refractivity contribution in [3.8, 4) is 0 Å². The van der Waals surface area contributed by atoms with Crippen LogP contribution >= 0.6 is 24.0 Å². The largest absolute Gasteiger partial charge is 0.361 e. The fourth-order valence-electron chi connectivity index (χ4n) is 2.91. The molecule has 0 saturated heterocycles. The fourth-order valence-corrected chi connectivity index (χ4v) is 2.91. The van der Waals surface area contributed by atoms with Gasteiger partial charge in [0.1, 0.15) is 18.2 Å². The van der Waals surface area contributed by atoms with E-state index in [1.165, 1.54) is 36.4 Å². The van der Waals surface area contributed by atoms with Crippen molar-refractivity contribution in [2.24, 2.45) is 4.99 Å². The van der Waals surface area contributed by atoms with Crippen molar-refractivity contribution in [3.63, 3.8) is 0 Å². The van der Waals surface area contributed by atoms with Crippen LogP contribution in [0.15, 0.2) is 53.7 Å². The average Bonchev–Trinajstić information content (AvgIpc) is 3.10. The Labute approximate surface area is 190 Å². The molecule has 30 heavy (non-hydrogen) atoms. The number of fused-ring (bicyclic) bond motifs is 1. The standard InChI is InChI=1S/C21H23F2N5O.HI/c1-2-24-21(27-13-20(29)28-17-6-3-15(22)4-7-17)25-10-9-14-12-26-19-11-16(23)5-8-18(14)19;/h3-8,11-12,26H,2,9-10,13H2,1H3,(H,28,29)(H2,24,25,27);1H. The van der Waals surface area contributed by atoms with Crippen LogP contribution in [0.25, 0.3) is 10.9 Å². The number of aliphatic imine (C=N–C) groups is 1. The molecule has 0 fully saturated rings. The molecule has 0 atom stereocenters. The molecule has 9 heteroatoms. The first-order valence-electron chi connectivity index (χ1n) is 9.38. The lowest BCUT2D eigenvalue weighted by Crippen LogP contribution is -2.39. The number of aromatic nitrogens is 1. The van der Waals surface area contributed by atoms with Crippen LogP contribution in [0.2, 0.25) is 0 Å². The van der Waals surface area contributed by atoms with Crippen molar-refractivity contribution in [2.45, 2.75) is 13.3 Å². The summed E-state index contributed by atoms with van der Waals surface area (Å²) in [6.45, 7) is 3.11. The summed E-state index contributed by atoms with van der Waals surface area (Å²) in [4.78, 5) is 19.4. The van der Waals surface area contributed by atoms with Gasteiger partial charge in [-0.2, -0.15) is 0 Å². The lowest BCUT2D eigenvalue weighted by atomic mass is 10.1. The van der Waals surface area contributed by atoms with E-state index in [1.807, 2.05) is 13.1 Å². The summed E-state index contributed by atoms with van der Waals surface area (Å²) in [7, 11) is 0. The van der Waals surface area contributed by atoms with Crippen molar-refractivity contribution >= 4 is 52.4 Å². The number of carbonyl (C=O) groups excluding carboxylic acids is 1. The number of halogens is 3. The number of rotatable bonds is 7. The molecule has 0 spiro atoms. The topological polar surface area (TPSA) is 81.3 Å². The number of H-pyrrole nitrogens is 1. The van der Waals surface area contributed by atoms with Gasteiger partial charge in [-0.15, -0.1) is 24.0 Å². The molecule has 3 rings (SSSR count). The predicted octanol–water partition coefficient (Wildman–Crippen LogP) is 3.80. The van der Waals surface area contributed by atoms with E-state index in [1.54, 1.807) is 6.07 Å². The van der Waals surface area contributed by atoms with Crippen LogP contribution in [0.1, 0.15) is 12.5 Å². The van der Waals surface area contributed by atoms with Gasteiger partial charge in [0.05, 0.1) is 0 Å². The molecule has 0 aliphatic heterocycles. The molecule has 0 aliphatic carbocycles. The number of carbonyl (C=O) groups is 1. The summed E-state index contributed by atoms with van der Waals surface area (Å²) in [5.74, 6) is -0.412. The SMILES string of the molecule is CCNC(=NCC(=O)Nc1ccc(F)cc1)NCCc1c[nH]c2cc(F)ccc12.I. The number of nitrogens with zero attached hydrogens (tertiary/aromatic N) is 1. The highest BCUT2D eigenvalue weighted by Gasteiger charge is 2.06. The second kappa shape index (κ2) is 11.5. The van der Waals surface area contributed by atoms with Crippen molar-refractivity contribution in [2.75, 3.05) is 25.0 Å². The molecule has 0 radical (unpaired) electrons. The first-order valence-corrected chi connectivity index (χ1v) is 9.38. The van der Waals surface area contributed by atoms with Crippen LogP contribution in [0.5, 0.6) is 0 Å². The number of anilines is 1. The van der Waals surface area contributed by atoms with Gasteiger partial charge in [0.25, 0.3) is 0 Å². The van der Waals surface area contributed by atoms with Crippen molar-refractivity contribution in [1.29, 1.82) is 0 Å². The minimum atomic E-state index is -0.361. The molecule has 160 valence electrons. The third-order valence-electron chi connectivity index (χ3n) is 4.27. The molecule has 1 heterocycles. The number of amides is 1. The van der Waals surface area contributed by atoms with Crippen LogP contribution in [-0.2, 0) is 11.2 Å². The molecule has 0 aliphatic rings. The van der Waals surface area contributed by atoms with Crippen LogP contribution in [0.3, 0.4) is 0 Å². The summed E-state index contributed by atoms with van der Waals surface area (Å²) in [6.07, 6.45) is 2.57. The zero-order valence-electron chi connectivity index (χ0n) is 16.5. The van der Waals surface area contributed by atoms with Crippen LogP contribution < -0.4 is 16.0 Å². The van der Waals surface area contributed by atoms with E-state index in [4.69, 9.17) is 0 Å². The van der Waals surface area contributed by atoms with Crippen molar-refractivity contribution in [3.05, 3.63) is 65.9 Å². The van der Waals surface area contributed by atoms with E-state index in [0.717, 1.165) is 16.5 Å². The third kappa shape index (κ3) is 6.68. The summed E-state index contributed by atoms with van der Waals surface area (Å²) in [5, 5.41) is 9.92. The maximum Gasteiger partial charge on any atom is 0.246 e. The Balaban J connectivity index is 0.00000320. The van der Waals surface area contributed by atoms with Crippen molar-refractivity contribution < 1.29 is 13.6 Å². The monoisotopic (exact) mass is 527 g/mol. The molecule has 4 N–H and O–H groups in total. The quantitative estimate of drug-likeness (QED) is 0.215. The average molecular weight is 527 g/mol. The first kappa shape index (κ1) is 23.6. The highest BCUT2D eigenvalue weighted by Crippen LogP contribution is 2.19. The highest BCUT2D eigenvalue weighted by molar-refractivity contribution is 14.0. The predicted molar refractivity (Wildman–Crippen MR) is 126 cm³/mol. The Morgan fingerprint density at radius 3 is 2.53 bits per heavy atom. The number of benzene rings is 2. The molecule has 0 bridgehead atoms. The number of hydrogen-bond donors (Lipinski definition) is 4. The molecule has 0 unspecified atom stereocenters. The zero-order valence-corrected chi connectivity index (χ0v) is 18.8. The fraction of sp³-hybridized carbons (Fsp3) is 0.238. The normalized spacial score (nSPS) is 11.1. The van der Waals surface area contributed by atoms with Gasteiger partial charge in [0.15, 0.2) is 5.96 Å². The Hall–Kier alpha value is -2.69. The Morgan fingerprint density at radius 1 is 1.07 bits per heavy atom. The number of guanidine groups is 1. The van der Waals surface area contributed by atoms with E-state index in [9.17, 15) is 13.6 Å². The maximum absolute atomic E-state index is 13.3. The second-order valence-electron chi connectivity index (χ2n) is 6.43. The Morgan fingerprint density at radius 2 is 1.80 bits per heavy atom. The molecule has 1 amide bonds. The minimum Gasteiger partial charge on any atom is -0.361 e. The van der Waals surface area contributed by atoms with Crippen LogP contribution in [0.4, 0.5) is 14.5 Å². The van der Waals surface area contributed by atoms with Gasteiger partial charge < -0.3 is 20.9 Å². The van der Waals surface area contributed by atoms with Crippen LogP contribution in [0, 0.1) is 11.6 Å². The lowest BCUT2D eigenvalue weighted by Gasteiger charge is -2.11. The van der Waals surface area contributed by atoms with Gasteiger partial charge in [-0.3, -0.25) is 4.79 Å². The molecule has 6 nitrogen and oxygen atoms in total. The van der Waals surface area contributed by atoms with E-state index < -0.39 is 0 Å². The second-order valence-corrected chi connectivity index (χ2v) is 6.43. The van der Waals surface area contributed by atoms with E-state index in [0.29, 0.717) is 31.2 Å². The molecular weight excluding hydrogens is 503 g/mol. The van der Waals surface area contributed by atoms with Crippen molar-refractivity contribution in [1.82, 2.24) is 15.6 Å². The summed E-state index contributed by atoms with van der Waals surface area (Å²) >= 11 is 0. The van der Waals surface area contributed by atoms with E-state index >= 15 is 0 Å². The summed E-state index contributed by atoms with van der Waals surface area (Å²) in [6, 6.07) is 10.2. The molecule has 3 aromatic rings. The summed E-state index contributed by atoms with van der Waals surface area (Å²) in [5.41, 5.74) is 2.34. The van der Waals surface area contributed by atoms with E-state index in [-0.39, 0.29) is 48.1 Å². The highest BCUT2D eigenvalue weighted by atomic mass is 127. The maximum atomic E-state index is 13.3. The zero-order chi connectivity index (χ0) is 20.6. The molecule has 1 aromatic heterocycles. The minimum absolute atomic E-state index is 0. The number of nitrogens with one attached hydrogen (secondary N) is 4. The molecular formula is C21H24F2IN5O. The van der Waals surface area contributed by atoms with Gasteiger partial charge in [-0.25, -0.2) is 13.8 Å². The van der Waals surface area contributed by atoms with Gasteiger partial charge in [0.2, 0.25) is 5.91 Å². The van der Waals surface area contributed by atoms with E-state index in [2.05, 4.69) is 25.9 Å². The van der Waals surface area contributed by atoms with Gasteiger partial charge in [0, 0.05) is 35.9 Å². The third-order valence-corrected chi connectivity index (χ3v) is 4.27. The number of hydrogen-bond acceptors (Lipinski definition) is 2. The van der Waals surface area contributed by atoms with Gasteiger partial charge in [-0.05, 0) is 61.4 Å². The Bertz CT molecular complexity index is 1000.